The average molecular weight is 437 g/mol. The van der Waals surface area contributed by atoms with Crippen molar-refractivity contribution in [3.8, 4) is 5.75 Å². The van der Waals surface area contributed by atoms with Crippen molar-refractivity contribution in [1.82, 2.24) is 20.1 Å². The highest BCUT2D eigenvalue weighted by Gasteiger charge is 2.32. The Morgan fingerprint density at radius 2 is 2.04 bits per heavy atom. The number of amides is 1. The van der Waals surface area contributed by atoms with Gasteiger partial charge < -0.3 is 9.64 Å². The zero-order chi connectivity index (χ0) is 19.0. The molecule has 1 aromatic carbocycles. The monoisotopic (exact) mass is 436 g/mol. The van der Waals surface area contributed by atoms with E-state index in [0.717, 1.165) is 24.5 Å². The second-order valence-corrected chi connectivity index (χ2v) is 8.14. The molecule has 1 N–H and O–H groups in total. The van der Waals surface area contributed by atoms with Gasteiger partial charge in [-0.2, -0.15) is 5.10 Å². The number of carbonyl (C=O) groups excluding carboxylic acids is 1. The van der Waals surface area contributed by atoms with Crippen LogP contribution in [0.4, 0.5) is 4.39 Å². The number of hydrogen-bond acceptors (Lipinski definition) is 4. The normalized spacial score (nSPS) is 19.1. The van der Waals surface area contributed by atoms with Gasteiger partial charge >= 0.3 is 0 Å². The molecule has 6 nitrogen and oxygen atoms in total. The van der Waals surface area contributed by atoms with Gasteiger partial charge in [-0.1, -0.05) is 0 Å². The minimum Gasteiger partial charge on any atom is -0.480 e. The molecule has 1 amide bonds. The molecule has 144 valence electrons. The lowest BCUT2D eigenvalue weighted by Crippen LogP contribution is -2.44. The van der Waals surface area contributed by atoms with Crippen molar-refractivity contribution in [2.24, 2.45) is 0 Å². The predicted octanol–water partition coefficient (Wildman–Crippen LogP) is 3.76. The van der Waals surface area contributed by atoms with Crippen LogP contribution in [0.3, 0.4) is 0 Å². The Labute approximate surface area is 165 Å². The SMILES string of the molecule is CC(Oc1ccc(F)cc1Br)C(=O)N1CCC(c2nc(C3CC3)n[nH]2)CC1. The summed E-state index contributed by atoms with van der Waals surface area (Å²) in [5.41, 5.74) is 0. The lowest BCUT2D eigenvalue weighted by Gasteiger charge is -2.32. The lowest BCUT2D eigenvalue weighted by molar-refractivity contribution is -0.139. The number of benzene rings is 1. The molecule has 2 aliphatic rings. The molecule has 0 spiro atoms. The van der Waals surface area contributed by atoms with Crippen molar-refractivity contribution in [3.05, 3.63) is 40.1 Å². The van der Waals surface area contributed by atoms with Crippen LogP contribution in [0, 0.1) is 5.82 Å². The third kappa shape index (κ3) is 4.15. The van der Waals surface area contributed by atoms with E-state index >= 15 is 0 Å². The number of rotatable bonds is 5. The van der Waals surface area contributed by atoms with Crippen LogP contribution < -0.4 is 4.74 Å². The highest BCUT2D eigenvalue weighted by atomic mass is 79.9. The molecule has 1 aromatic heterocycles. The highest BCUT2D eigenvalue weighted by molar-refractivity contribution is 9.10. The van der Waals surface area contributed by atoms with Gasteiger partial charge in [-0.25, -0.2) is 9.37 Å². The molecule has 1 saturated carbocycles. The summed E-state index contributed by atoms with van der Waals surface area (Å²) in [4.78, 5) is 19.2. The molecule has 8 heteroatoms. The van der Waals surface area contributed by atoms with Gasteiger partial charge in [-0.15, -0.1) is 0 Å². The minimum absolute atomic E-state index is 0.0547. The predicted molar refractivity (Wildman–Crippen MR) is 101 cm³/mol. The van der Waals surface area contributed by atoms with Gasteiger partial charge in [0.1, 0.15) is 17.4 Å². The van der Waals surface area contributed by atoms with Crippen LogP contribution in [0.2, 0.25) is 0 Å². The Balaban J connectivity index is 1.32. The minimum atomic E-state index is -0.630. The Morgan fingerprint density at radius 1 is 1.30 bits per heavy atom. The number of nitrogens with zero attached hydrogens (tertiary/aromatic N) is 3. The summed E-state index contributed by atoms with van der Waals surface area (Å²) in [6.07, 6.45) is 3.46. The molecule has 0 bridgehead atoms. The first-order chi connectivity index (χ1) is 13.0. The summed E-state index contributed by atoms with van der Waals surface area (Å²) < 4.78 is 19.4. The van der Waals surface area contributed by atoms with Crippen LogP contribution in [-0.4, -0.2) is 45.2 Å². The summed E-state index contributed by atoms with van der Waals surface area (Å²) in [5.74, 6) is 2.80. The van der Waals surface area contributed by atoms with E-state index in [-0.39, 0.29) is 11.7 Å². The lowest BCUT2D eigenvalue weighted by atomic mass is 9.96. The Bertz CT molecular complexity index is 831. The number of nitrogens with one attached hydrogen (secondary N) is 1. The van der Waals surface area contributed by atoms with Gasteiger partial charge in [0.15, 0.2) is 11.9 Å². The van der Waals surface area contributed by atoms with Crippen molar-refractivity contribution in [3.63, 3.8) is 0 Å². The molecule has 27 heavy (non-hydrogen) atoms. The first kappa shape index (κ1) is 18.4. The van der Waals surface area contributed by atoms with Crippen molar-refractivity contribution < 1.29 is 13.9 Å². The fraction of sp³-hybridized carbons (Fsp3) is 0.526. The number of aromatic amines is 1. The second-order valence-electron chi connectivity index (χ2n) is 7.29. The van der Waals surface area contributed by atoms with Gasteiger partial charge in [0, 0.05) is 24.9 Å². The molecule has 1 aliphatic carbocycles. The number of likely N-dealkylation sites (tertiary alicyclic amines) is 1. The van der Waals surface area contributed by atoms with E-state index in [1.54, 1.807) is 6.92 Å². The Morgan fingerprint density at radius 3 is 2.70 bits per heavy atom. The van der Waals surface area contributed by atoms with Crippen molar-refractivity contribution in [2.75, 3.05) is 13.1 Å². The topological polar surface area (TPSA) is 71.1 Å². The summed E-state index contributed by atoms with van der Waals surface area (Å²) in [7, 11) is 0. The molecular weight excluding hydrogens is 415 g/mol. The summed E-state index contributed by atoms with van der Waals surface area (Å²) in [5, 5.41) is 7.41. The number of aromatic nitrogens is 3. The molecule has 2 heterocycles. The number of carbonyl (C=O) groups is 1. The zero-order valence-electron chi connectivity index (χ0n) is 15.1. The third-order valence-electron chi connectivity index (χ3n) is 5.20. The highest BCUT2D eigenvalue weighted by Crippen LogP contribution is 2.38. The van der Waals surface area contributed by atoms with Gasteiger partial charge in [-0.05, 0) is 66.7 Å². The largest absolute Gasteiger partial charge is 0.480 e. The van der Waals surface area contributed by atoms with Crippen molar-refractivity contribution in [1.29, 1.82) is 0 Å². The van der Waals surface area contributed by atoms with Crippen LogP contribution >= 0.6 is 15.9 Å². The molecular formula is C19H22BrFN4O2. The maximum Gasteiger partial charge on any atom is 0.263 e. The van der Waals surface area contributed by atoms with E-state index in [0.29, 0.717) is 35.1 Å². The molecule has 1 unspecified atom stereocenters. The molecule has 2 aromatic rings. The Hall–Kier alpha value is -1.96. The van der Waals surface area contributed by atoms with Gasteiger partial charge in [0.25, 0.3) is 5.91 Å². The zero-order valence-corrected chi connectivity index (χ0v) is 16.7. The van der Waals surface area contributed by atoms with E-state index in [2.05, 4.69) is 31.1 Å². The first-order valence-electron chi connectivity index (χ1n) is 9.34. The van der Waals surface area contributed by atoms with E-state index in [1.165, 1.54) is 31.0 Å². The average Bonchev–Trinajstić information content (AvgIpc) is 3.40. The summed E-state index contributed by atoms with van der Waals surface area (Å²) in [6.45, 7) is 3.06. The van der Waals surface area contributed by atoms with Crippen LogP contribution in [0.15, 0.2) is 22.7 Å². The third-order valence-corrected chi connectivity index (χ3v) is 5.82. The summed E-state index contributed by atoms with van der Waals surface area (Å²) >= 11 is 3.26. The van der Waals surface area contributed by atoms with Crippen molar-refractivity contribution >= 4 is 21.8 Å². The first-order valence-corrected chi connectivity index (χ1v) is 10.1. The van der Waals surface area contributed by atoms with Crippen LogP contribution in [0.25, 0.3) is 0 Å². The van der Waals surface area contributed by atoms with Gasteiger partial charge in [0.2, 0.25) is 0 Å². The maximum atomic E-state index is 13.2. The van der Waals surface area contributed by atoms with Gasteiger partial charge in [0.05, 0.1) is 4.47 Å². The molecule has 4 rings (SSSR count). The molecule has 2 fully saturated rings. The smallest absolute Gasteiger partial charge is 0.263 e. The van der Waals surface area contributed by atoms with E-state index in [4.69, 9.17) is 4.74 Å². The quantitative estimate of drug-likeness (QED) is 0.774. The van der Waals surface area contributed by atoms with E-state index < -0.39 is 6.10 Å². The molecule has 1 saturated heterocycles. The standard InChI is InChI=1S/C19H22BrFN4O2/c1-11(27-16-5-4-14(21)10-15(16)20)19(26)25-8-6-13(7-9-25)18-22-17(23-24-18)12-2-3-12/h4-5,10-13H,2-3,6-9H2,1H3,(H,22,23,24). The molecule has 1 aliphatic heterocycles. The summed E-state index contributed by atoms with van der Waals surface area (Å²) in [6, 6.07) is 4.16. The fourth-order valence-corrected chi connectivity index (χ4v) is 3.88. The van der Waals surface area contributed by atoms with Crippen LogP contribution in [0.5, 0.6) is 5.75 Å². The maximum absolute atomic E-state index is 13.2. The fourth-order valence-electron chi connectivity index (χ4n) is 3.44. The number of halogens is 2. The van der Waals surface area contributed by atoms with E-state index in [9.17, 15) is 9.18 Å². The van der Waals surface area contributed by atoms with E-state index in [1.807, 2.05) is 4.90 Å². The Kier molecular flexibility index (Phi) is 5.16. The molecule has 1 atom stereocenters. The second kappa shape index (κ2) is 7.58. The molecule has 0 radical (unpaired) electrons. The number of piperidine rings is 1. The number of ether oxygens (including phenoxy) is 1. The van der Waals surface area contributed by atoms with Gasteiger partial charge in [-0.3, -0.25) is 9.89 Å². The van der Waals surface area contributed by atoms with Crippen LogP contribution in [-0.2, 0) is 4.79 Å². The number of hydrogen-bond donors (Lipinski definition) is 1. The number of H-pyrrole nitrogens is 1. The van der Waals surface area contributed by atoms with Crippen molar-refractivity contribution in [2.45, 2.75) is 50.5 Å². The van der Waals surface area contributed by atoms with Crippen LogP contribution in [0.1, 0.15) is 56.1 Å².